The summed E-state index contributed by atoms with van der Waals surface area (Å²) in [7, 11) is 0. The fourth-order valence-corrected chi connectivity index (χ4v) is 4.22. The number of amides is 1. The molecule has 0 bridgehead atoms. The molecule has 2 fully saturated rings. The molecule has 1 amide bonds. The number of piperidine rings is 1. The van der Waals surface area contributed by atoms with Crippen molar-refractivity contribution in [1.29, 1.82) is 0 Å². The smallest absolute Gasteiger partial charge is 0.273 e. The average molecular weight is 365 g/mol. The topological polar surface area (TPSA) is 45.7 Å². The molecule has 1 aromatic heterocycles. The summed E-state index contributed by atoms with van der Waals surface area (Å²) in [6.07, 6.45) is 4.67. The number of hydrogen-bond acceptors (Lipinski definition) is 4. The quantitative estimate of drug-likeness (QED) is 0.836. The van der Waals surface area contributed by atoms with Gasteiger partial charge in [0.25, 0.3) is 5.91 Å². The van der Waals surface area contributed by atoms with Crippen molar-refractivity contribution in [3.8, 4) is 0 Å². The summed E-state index contributed by atoms with van der Waals surface area (Å²) in [6.45, 7) is 4.97. The number of aromatic nitrogens is 1. The molecular formula is C22H27N3O2. The van der Waals surface area contributed by atoms with E-state index >= 15 is 0 Å². The zero-order chi connectivity index (χ0) is 18.5. The van der Waals surface area contributed by atoms with Crippen LogP contribution in [0.5, 0.6) is 0 Å². The fraction of sp³-hybridized carbons (Fsp3) is 0.455. The van der Waals surface area contributed by atoms with E-state index in [-0.39, 0.29) is 11.4 Å². The lowest BCUT2D eigenvalue weighted by molar-refractivity contribution is -0.0777. The molecule has 3 heterocycles. The van der Waals surface area contributed by atoms with Crippen LogP contribution in [-0.2, 0) is 11.2 Å². The van der Waals surface area contributed by atoms with E-state index in [0.29, 0.717) is 25.5 Å². The van der Waals surface area contributed by atoms with Crippen molar-refractivity contribution in [2.75, 3.05) is 39.4 Å². The van der Waals surface area contributed by atoms with E-state index in [1.54, 1.807) is 12.3 Å². The number of ether oxygens (including phenoxy) is 1. The van der Waals surface area contributed by atoms with Crippen LogP contribution >= 0.6 is 0 Å². The van der Waals surface area contributed by atoms with E-state index in [9.17, 15) is 4.79 Å². The van der Waals surface area contributed by atoms with E-state index in [2.05, 4.69) is 40.2 Å². The molecule has 4 rings (SSSR count). The minimum atomic E-state index is -0.184. The maximum absolute atomic E-state index is 13.1. The monoisotopic (exact) mass is 365 g/mol. The second kappa shape index (κ2) is 8.19. The number of carbonyl (C=O) groups is 1. The molecule has 0 aliphatic carbocycles. The standard InChI is InChI=1S/C22H27N3O2/c26-21(20-8-4-5-12-23-20)25-16-17-27-18-22(25)10-14-24(15-11-22)13-9-19-6-2-1-3-7-19/h1-8,12H,9-11,13-18H2. The van der Waals surface area contributed by atoms with Gasteiger partial charge in [-0.3, -0.25) is 9.78 Å². The maximum atomic E-state index is 13.1. The first-order chi connectivity index (χ1) is 13.3. The van der Waals surface area contributed by atoms with Gasteiger partial charge in [0.15, 0.2) is 0 Å². The fourth-order valence-electron chi connectivity index (χ4n) is 4.22. The van der Waals surface area contributed by atoms with E-state index in [4.69, 9.17) is 4.74 Å². The van der Waals surface area contributed by atoms with E-state index in [0.717, 1.165) is 38.9 Å². The molecule has 0 saturated carbocycles. The van der Waals surface area contributed by atoms with Crippen LogP contribution in [0.1, 0.15) is 28.9 Å². The highest BCUT2D eigenvalue weighted by Crippen LogP contribution is 2.33. The minimum absolute atomic E-state index is 0.0386. The van der Waals surface area contributed by atoms with Crippen molar-refractivity contribution in [1.82, 2.24) is 14.8 Å². The van der Waals surface area contributed by atoms with E-state index in [1.807, 2.05) is 17.0 Å². The molecule has 1 aromatic carbocycles. The van der Waals surface area contributed by atoms with Crippen molar-refractivity contribution in [2.45, 2.75) is 24.8 Å². The van der Waals surface area contributed by atoms with Crippen LogP contribution < -0.4 is 0 Å². The molecule has 5 heteroatoms. The molecule has 27 heavy (non-hydrogen) atoms. The van der Waals surface area contributed by atoms with Gasteiger partial charge in [0.2, 0.25) is 0 Å². The molecule has 5 nitrogen and oxygen atoms in total. The summed E-state index contributed by atoms with van der Waals surface area (Å²) in [4.78, 5) is 21.9. The highest BCUT2D eigenvalue weighted by atomic mass is 16.5. The molecule has 2 saturated heterocycles. The molecule has 142 valence electrons. The Hall–Kier alpha value is -2.24. The maximum Gasteiger partial charge on any atom is 0.273 e. The molecule has 2 aliphatic heterocycles. The molecule has 0 atom stereocenters. The zero-order valence-corrected chi connectivity index (χ0v) is 15.7. The van der Waals surface area contributed by atoms with Gasteiger partial charge >= 0.3 is 0 Å². The number of nitrogens with zero attached hydrogens (tertiary/aromatic N) is 3. The highest BCUT2D eigenvalue weighted by Gasteiger charge is 2.44. The number of morpholine rings is 1. The lowest BCUT2D eigenvalue weighted by atomic mass is 9.85. The third-order valence-corrected chi connectivity index (χ3v) is 5.88. The van der Waals surface area contributed by atoms with Crippen LogP contribution in [0.4, 0.5) is 0 Å². The predicted octanol–water partition coefficient (Wildman–Crippen LogP) is 2.63. The number of benzene rings is 1. The van der Waals surface area contributed by atoms with Crippen LogP contribution in [0, 0.1) is 0 Å². The summed E-state index contributed by atoms with van der Waals surface area (Å²) in [5.74, 6) is 0.0386. The van der Waals surface area contributed by atoms with Gasteiger partial charge in [-0.25, -0.2) is 0 Å². The van der Waals surface area contributed by atoms with Gasteiger partial charge < -0.3 is 14.5 Å². The second-order valence-corrected chi connectivity index (χ2v) is 7.53. The van der Waals surface area contributed by atoms with Gasteiger partial charge in [-0.15, -0.1) is 0 Å². The molecule has 0 N–H and O–H groups in total. The summed E-state index contributed by atoms with van der Waals surface area (Å²) >= 11 is 0. The van der Waals surface area contributed by atoms with Crippen LogP contribution in [0.3, 0.4) is 0 Å². The zero-order valence-electron chi connectivity index (χ0n) is 15.7. The Kier molecular flexibility index (Phi) is 5.50. The Morgan fingerprint density at radius 3 is 2.56 bits per heavy atom. The molecule has 2 aliphatic rings. The largest absolute Gasteiger partial charge is 0.377 e. The number of pyridine rings is 1. The van der Waals surface area contributed by atoms with Gasteiger partial charge in [-0.1, -0.05) is 36.4 Å². The van der Waals surface area contributed by atoms with Gasteiger partial charge in [0, 0.05) is 32.4 Å². The Labute approximate surface area is 161 Å². The third-order valence-electron chi connectivity index (χ3n) is 5.88. The molecule has 0 radical (unpaired) electrons. The third kappa shape index (κ3) is 4.04. The van der Waals surface area contributed by atoms with Crippen LogP contribution in [0.15, 0.2) is 54.7 Å². The Morgan fingerprint density at radius 1 is 1.04 bits per heavy atom. The van der Waals surface area contributed by atoms with Crippen LogP contribution in [-0.4, -0.2) is 65.6 Å². The number of likely N-dealkylation sites (tertiary alicyclic amines) is 1. The Morgan fingerprint density at radius 2 is 1.81 bits per heavy atom. The van der Waals surface area contributed by atoms with Crippen molar-refractivity contribution >= 4 is 5.91 Å². The lowest BCUT2D eigenvalue weighted by Crippen LogP contribution is -2.63. The van der Waals surface area contributed by atoms with Gasteiger partial charge in [-0.05, 0) is 37.0 Å². The number of hydrogen-bond donors (Lipinski definition) is 0. The first-order valence-electron chi connectivity index (χ1n) is 9.84. The van der Waals surface area contributed by atoms with Crippen LogP contribution in [0.2, 0.25) is 0 Å². The Bertz CT molecular complexity index is 743. The second-order valence-electron chi connectivity index (χ2n) is 7.53. The van der Waals surface area contributed by atoms with Crippen LogP contribution in [0.25, 0.3) is 0 Å². The van der Waals surface area contributed by atoms with Gasteiger partial charge in [-0.2, -0.15) is 0 Å². The first kappa shape index (κ1) is 18.1. The highest BCUT2D eigenvalue weighted by molar-refractivity contribution is 5.92. The lowest BCUT2D eigenvalue weighted by Gasteiger charge is -2.51. The number of rotatable bonds is 4. The molecule has 1 spiro atoms. The minimum Gasteiger partial charge on any atom is -0.377 e. The van der Waals surface area contributed by atoms with Gasteiger partial charge in [0.1, 0.15) is 5.69 Å². The summed E-state index contributed by atoms with van der Waals surface area (Å²) in [5, 5.41) is 0. The molecular weight excluding hydrogens is 338 g/mol. The number of carbonyl (C=O) groups excluding carboxylic acids is 1. The van der Waals surface area contributed by atoms with E-state index in [1.165, 1.54) is 5.56 Å². The van der Waals surface area contributed by atoms with Crippen molar-refractivity contribution < 1.29 is 9.53 Å². The first-order valence-corrected chi connectivity index (χ1v) is 9.84. The van der Waals surface area contributed by atoms with E-state index < -0.39 is 0 Å². The summed E-state index contributed by atoms with van der Waals surface area (Å²) in [6, 6.07) is 16.2. The van der Waals surface area contributed by atoms with Crippen molar-refractivity contribution in [3.63, 3.8) is 0 Å². The molecule has 2 aromatic rings. The SMILES string of the molecule is O=C(c1ccccn1)N1CCOCC12CCN(CCc1ccccc1)CC2. The molecule has 0 unspecified atom stereocenters. The normalized spacial score (nSPS) is 19.9. The van der Waals surface area contributed by atoms with Crippen molar-refractivity contribution in [3.05, 3.63) is 66.0 Å². The van der Waals surface area contributed by atoms with Crippen molar-refractivity contribution in [2.24, 2.45) is 0 Å². The average Bonchev–Trinajstić information content (AvgIpc) is 2.75. The Balaban J connectivity index is 1.39. The van der Waals surface area contributed by atoms with Gasteiger partial charge in [0.05, 0.1) is 18.8 Å². The predicted molar refractivity (Wildman–Crippen MR) is 105 cm³/mol. The summed E-state index contributed by atoms with van der Waals surface area (Å²) in [5.41, 5.74) is 1.73. The summed E-state index contributed by atoms with van der Waals surface area (Å²) < 4.78 is 5.81.